The highest BCUT2D eigenvalue weighted by Crippen LogP contribution is 2.27. The number of carbonyl (C=O) groups excluding carboxylic acids is 2. The number of hydrogen-bond donors (Lipinski definition) is 1. The minimum absolute atomic E-state index is 0.193. The lowest BCUT2D eigenvalue weighted by molar-refractivity contribution is -0.121. The zero-order valence-corrected chi connectivity index (χ0v) is 14.1. The van der Waals surface area contributed by atoms with Gasteiger partial charge < -0.3 is 10.6 Å². The number of nitrogens with zero attached hydrogens (tertiary/aromatic N) is 3. The SMILES string of the molecule is NC(=O)[C@@H]1CCCN1C(=O)c1cc(-c2ccccn2)nc2ccccc12. The van der Waals surface area contributed by atoms with E-state index in [1.54, 1.807) is 17.2 Å². The number of likely N-dealkylation sites (tertiary alicyclic amines) is 1. The third-order valence-electron chi connectivity index (χ3n) is 4.72. The molecule has 6 heteroatoms. The summed E-state index contributed by atoms with van der Waals surface area (Å²) in [6.07, 6.45) is 3.07. The molecule has 6 nitrogen and oxygen atoms in total. The fourth-order valence-electron chi connectivity index (χ4n) is 3.46. The van der Waals surface area contributed by atoms with E-state index in [9.17, 15) is 9.59 Å². The second-order valence-electron chi connectivity index (χ2n) is 6.35. The summed E-state index contributed by atoms with van der Waals surface area (Å²) in [6, 6.07) is 14.3. The smallest absolute Gasteiger partial charge is 0.255 e. The average molecular weight is 346 g/mol. The van der Waals surface area contributed by atoms with Gasteiger partial charge >= 0.3 is 0 Å². The van der Waals surface area contributed by atoms with Crippen molar-refractivity contribution in [3.8, 4) is 11.4 Å². The standard InChI is InChI=1S/C20H18N4O2/c21-19(25)18-9-5-11-24(18)20(26)14-12-17(16-8-3-4-10-22-16)23-15-7-2-1-6-13(14)15/h1-4,6-8,10,12,18H,5,9,11H2,(H2,21,25)/t18-/m0/s1. The molecule has 0 aliphatic carbocycles. The fraction of sp³-hybridized carbons (Fsp3) is 0.200. The van der Waals surface area contributed by atoms with Crippen LogP contribution in [-0.4, -0.2) is 39.3 Å². The molecule has 3 aromatic rings. The number of primary amides is 1. The van der Waals surface area contributed by atoms with Gasteiger partial charge in [-0.25, -0.2) is 4.98 Å². The van der Waals surface area contributed by atoms with Gasteiger partial charge in [-0.2, -0.15) is 0 Å². The van der Waals surface area contributed by atoms with Crippen LogP contribution in [0.1, 0.15) is 23.2 Å². The van der Waals surface area contributed by atoms with Crippen molar-refractivity contribution in [1.29, 1.82) is 0 Å². The lowest BCUT2D eigenvalue weighted by Gasteiger charge is -2.23. The molecule has 0 spiro atoms. The van der Waals surface area contributed by atoms with Gasteiger partial charge in [0.25, 0.3) is 5.91 Å². The summed E-state index contributed by atoms with van der Waals surface area (Å²) in [7, 11) is 0. The molecule has 2 amide bonds. The highest BCUT2D eigenvalue weighted by molar-refractivity contribution is 6.08. The van der Waals surface area contributed by atoms with E-state index in [0.29, 0.717) is 35.4 Å². The molecule has 1 aliphatic heterocycles. The Kier molecular flexibility index (Phi) is 4.08. The van der Waals surface area contributed by atoms with E-state index >= 15 is 0 Å². The van der Waals surface area contributed by atoms with Crippen molar-refractivity contribution in [1.82, 2.24) is 14.9 Å². The zero-order valence-electron chi connectivity index (χ0n) is 14.1. The van der Waals surface area contributed by atoms with E-state index < -0.39 is 11.9 Å². The summed E-state index contributed by atoms with van der Waals surface area (Å²) >= 11 is 0. The number of amides is 2. The van der Waals surface area contributed by atoms with E-state index in [2.05, 4.69) is 9.97 Å². The molecule has 0 radical (unpaired) electrons. The van der Waals surface area contributed by atoms with Gasteiger partial charge in [0.2, 0.25) is 5.91 Å². The molecular formula is C20H18N4O2. The van der Waals surface area contributed by atoms with Gasteiger partial charge in [-0.05, 0) is 37.1 Å². The first kappa shape index (κ1) is 16.2. The Morgan fingerprint density at radius 3 is 2.65 bits per heavy atom. The first-order chi connectivity index (χ1) is 12.6. The lowest BCUT2D eigenvalue weighted by atomic mass is 10.0. The number of aromatic nitrogens is 2. The van der Waals surface area contributed by atoms with Crippen molar-refractivity contribution in [2.24, 2.45) is 5.73 Å². The number of benzene rings is 1. The fourth-order valence-corrected chi connectivity index (χ4v) is 3.46. The Hall–Kier alpha value is -3.28. The number of hydrogen-bond acceptors (Lipinski definition) is 4. The van der Waals surface area contributed by atoms with E-state index in [4.69, 9.17) is 5.73 Å². The molecule has 1 fully saturated rings. The Morgan fingerprint density at radius 2 is 1.88 bits per heavy atom. The first-order valence-electron chi connectivity index (χ1n) is 8.56. The van der Waals surface area contributed by atoms with Crippen molar-refractivity contribution in [3.63, 3.8) is 0 Å². The van der Waals surface area contributed by atoms with Crippen LogP contribution in [0.4, 0.5) is 0 Å². The van der Waals surface area contributed by atoms with E-state index in [1.807, 2.05) is 42.5 Å². The monoisotopic (exact) mass is 346 g/mol. The van der Waals surface area contributed by atoms with Gasteiger partial charge in [0, 0.05) is 18.1 Å². The third-order valence-corrected chi connectivity index (χ3v) is 4.72. The largest absolute Gasteiger partial charge is 0.368 e. The molecule has 0 saturated carbocycles. The Balaban J connectivity index is 1.85. The molecule has 1 saturated heterocycles. The quantitative estimate of drug-likeness (QED) is 0.788. The van der Waals surface area contributed by atoms with Crippen molar-refractivity contribution in [2.75, 3.05) is 6.54 Å². The number of rotatable bonds is 3. The topological polar surface area (TPSA) is 89.2 Å². The molecule has 130 valence electrons. The molecule has 3 heterocycles. The number of pyridine rings is 2. The number of para-hydroxylation sites is 1. The van der Waals surface area contributed by atoms with Crippen LogP contribution in [0.2, 0.25) is 0 Å². The summed E-state index contributed by atoms with van der Waals surface area (Å²) in [6.45, 7) is 0.530. The third kappa shape index (κ3) is 2.79. The second kappa shape index (κ2) is 6.55. The van der Waals surface area contributed by atoms with Crippen LogP contribution in [0.5, 0.6) is 0 Å². The Labute approximate surface area is 150 Å². The molecule has 1 aliphatic rings. The van der Waals surface area contributed by atoms with Crippen LogP contribution >= 0.6 is 0 Å². The average Bonchev–Trinajstić information content (AvgIpc) is 3.17. The Bertz CT molecular complexity index is 988. The highest BCUT2D eigenvalue weighted by Gasteiger charge is 2.34. The van der Waals surface area contributed by atoms with Gasteiger partial charge in [0.05, 0.1) is 22.5 Å². The predicted octanol–water partition coefficient (Wildman–Crippen LogP) is 2.39. The minimum Gasteiger partial charge on any atom is -0.368 e. The summed E-state index contributed by atoms with van der Waals surface area (Å²) in [4.78, 5) is 35.5. The summed E-state index contributed by atoms with van der Waals surface area (Å²) in [5, 5.41) is 0.757. The predicted molar refractivity (Wildman–Crippen MR) is 98.2 cm³/mol. The van der Waals surface area contributed by atoms with Gasteiger partial charge in [-0.3, -0.25) is 14.6 Å². The Morgan fingerprint density at radius 1 is 1.08 bits per heavy atom. The maximum atomic E-state index is 13.2. The van der Waals surface area contributed by atoms with Crippen LogP contribution in [0.3, 0.4) is 0 Å². The lowest BCUT2D eigenvalue weighted by Crippen LogP contribution is -2.43. The van der Waals surface area contributed by atoms with Crippen LogP contribution in [0, 0.1) is 0 Å². The van der Waals surface area contributed by atoms with Gasteiger partial charge in [0.1, 0.15) is 6.04 Å². The highest BCUT2D eigenvalue weighted by atomic mass is 16.2. The maximum absolute atomic E-state index is 13.2. The van der Waals surface area contributed by atoms with Crippen molar-refractivity contribution in [3.05, 3.63) is 60.3 Å². The molecule has 26 heavy (non-hydrogen) atoms. The van der Waals surface area contributed by atoms with Crippen LogP contribution < -0.4 is 5.73 Å². The maximum Gasteiger partial charge on any atom is 0.255 e. The van der Waals surface area contributed by atoms with E-state index in [1.165, 1.54) is 0 Å². The van der Waals surface area contributed by atoms with Gasteiger partial charge in [0.15, 0.2) is 0 Å². The number of nitrogens with two attached hydrogens (primary N) is 1. The second-order valence-corrected chi connectivity index (χ2v) is 6.35. The van der Waals surface area contributed by atoms with Crippen molar-refractivity contribution >= 4 is 22.7 Å². The van der Waals surface area contributed by atoms with Crippen LogP contribution in [0.25, 0.3) is 22.3 Å². The molecule has 4 rings (SSSR count). The minimum atomic E-state index is -0.548. The first-order valence-corrected chi connectivity index (χ1v) is 8.56. The zero-order chi connectivity index (χ0) is 18.1. The van der Waals surface area contributed by atoms with Gasteiger partial charge in [-0.15, -0.1) is 0 Å². The van der Waals surface area contributed by atoms with Crippen LogP contribution in [-0.2, 0) is 4.79 Å². The molecule has 1 aromatic carbocycles. The summed E-state index contributed by atoms with van der Waals surface area (Å²) < 4.78 is 0. The van der Waals surface area contributed by atoms with Crippen molar-refractivity contribution < 1.29 is 9.59 Å². The molecule has 0 bridgehead atoms. The number of fused-ring (bicyclic) bond motifs is 1. The molecular weight excluding hydrogens is 328 g/mol. The van der Waals surface area contributed by atoms with E-state index in [0.717, 1.165) is 11.8 Å². The van der Waals surface area contributed by atoms with Crippen LogP contribution in [0.15, 0.2) is 54.7 Å². The van der Waals surface area contributed by atoms with Gasteiger partial charge in [-0.1, -0.05) is 24.3 Å². The molecule has 1 atom stereocenters. The number of carbonyl (C=O) groups is 2. The molecule has 0 unspecified atom stereocenters. The summed E-state index contributed by atoms with van der Waals surface area (Å²) in [5.74, 6) is -0.652. The normalized spacial score (nSPS) is 16.8. The van der Waals surface area contributed by atoms with E-state index in [-0.39, 0.29) is 5.91 Å². The molecule has 2 aromatic heterocycles. The molecule has 2 N–H and O–H groups in total. The van der Waals surface area contributed by atoms with Crippen molar-refractivity contribution in [2.45, 2.75) is 18.9 Å². The summed E-state index contributed by atoms with van der Waals surface area (Å²) in [5.41, 5.74) is 8.04.